The Morgan fingerprint density at radius 1 is 1.20 bits per heavy atom. The van der Waals surface area contributed by atoms with E-state index in [0.717, 1.165) is 41.3 Å². The van der Waals surface area contributed by atoms with E-state index in [0.29, 0.717) is 24.4 Å². The zero-order valence-corrected chi connectivity index (χ0v) is 14.5. The zero-order valence-electron chi connectivity index (χ0n) is 14.5. The van der Waals surface area contributed by atoms with Crippen molar-refractivity contribution in [1.82, 2.24) is 4.90 Å². The minimum Gasteiger partial charge on any atom is -0.480 e. The van der Waals surface area contributed by atoms with Crippen molar-refractivity contribution in [3.8, 4) is 5.75 Å². The molecule has 1 aliphatic heterocycles. The quantitative estimate of drug-likeness (QED) is 0.637. The van der Waals surface area contributed by atoms with Crippen LogP contribution in [0.15, 0.2) is 33.5 Å². The summed E-state index contributed by atoms with van der Waals surface area (Å²) in [6.45, 7) is 4.88. The van der Waals surface area contributed by atoms with Gasteiger partial charge in [-0.15, -0.1) is 0 Å². The first-order chi connectivity index (χ1) is 12.1. The molecule has 0 fully saturated rings. The fourth-order valence-corrected chi connectivity index (χ4v) is 3.75. The molecule has 1 aliphatic carbocycles. The van der Waals surface area contributed by atoms with Gasteiger partial charge in [-0.3, -0.25) is 4.79 Å². The van der Waals surface area contributed by atoms with Crippen molar-refractivity contribution in [2.24, 2.45) is 0 Å². The van der Waals surface area contributed by atoms with E-state index in [1.807, 2.05) is 31.2 Å². The number of carbonyl (C=O) groups is 1. The summed E-state index contributed by atoms with van der Waals surface area (Å²) in [5.74, 6) is 0.543. The maximum atomic E-state index is 12.4. The Balaban J connectivity index is 1.67. The molecule has 1 amide bonds. The van der Waals surface area contributed by atoms with Crippen LogP contribution in [0.5, 0.6) is 5.75 Å². The van der Waals surface area contributed by atoms with Crippen LogP contribution in [0.2, 0.25) is 0 Å². The average Bonchev–Trinajstić information content (AvgIpc) is 3.28. The van der Waals surface area contributed by atoms with Gasteiger partial charge in [-0.25, -0.2) is 4.79 Å². The van der Waals surface area contributed by atoms with E-state index in [4.69, 9.17) is 9.15 Å². The van der Waals surface area contributed by atoms with Crippen molar-refractivity contribution >= 4 is 16.9 Å². The molecule has 0 saturated heterocycles. The Labute approximate surface area is 145 Å². The van der Waals surface area contributed by atoms with Crippen molar-refractivity contribution < 1.29 is 13.9 Å². The van der Waals surface area contributed by atoms with Crippen molar-refractivity contribution in [3.63, 3.8) is 0 Å². The molecule has 1 atom stereocenters. The molecule has 130 valence electrons. The molecule has 5 heteroatoms. The molecule has 0 bridgehead atoms. The normalized spacial score (nSPS) is 17.1. The van der Waals surface area contributed by atoms with E-state index in [9.17, 15) is 9.59 Å². The second kappa shape index (κ2) is 6.06. The van der Waals surface area contributed by atoms with Gasteiger partial charge in [0.1, 0.15) is 11.3 Å². The fraction of sp³-hybridized carbons (Fsp3) is 0.400. The largest absolute Gasteiger partial charge is 0.480 e. The molecule has 25 heavy (non-hydrogen) atoms. The van der Waals surface area contributed by atoms with Crippen LogP contribution in [0.3, 0.4) is 0 Å². The molecule has 1 aromatic heterocycles. The van der Waals surface area contributed by atoms with Gasteiger partial charge in [0.15, 0.2) is 6.10 Å². The summed E-state index contributed by atoms with van der Waals surface area (Å²) < 4.78 is 11.5. The molecular weight excluding hydrogens is 318 g/mol. The Hall–Kier alpha value is -2.56. The highest BCUT2D eigenvalue weighted by Crippen LogP contribution is 2.33. The number of ether oxygens (including phenoxy) is 1. The van der Waals surface area contributed by atoms with Crippen LogP contribution in [-0.4, -0.2) is 30.0 Å². The van der Waals surface area contributed by atoms with Crippen molar-refractivity contribution in [2.75, 3.05) is 13.1 Å². The van der Waals surface area contributed by atoms with Crippen molar-refractivity contribution in [3.05, 3.63) is 51.4 Å². The van der Waals surface area contributed by atoms with Gasteiger partial charge in [-0.2, -0.15) is 0 Å². The van der Waals surface area contributed by atoms with E-state index in [1.54, 1.807) is 11.8 Å². The third kappa shape index (κ3) is 2.64. The second-order valence-corrected chi connectivity index (χ2v) is 6.74. The maximum Gasteiger partial charge on any atom is 0.339 e. The summed E-state index contributed by atoms with van der Waals surface area (Å²) >= 11 is 0. The highest BCUT2D eigenvalue weighted by Gasteiger charge is 2.25. The number of nitrogens with zero attached hydrogens (tertiary/aromatic N) is 1. The minimum atomic E-state index is -0.586. The topological polar surface area (TPSA) is 59.8 Å². The molecule has 2 aliphatic rings. The smallest absolute Gasteiger partial charge is 0.339 e. The molecule has 0 radical (unpaired) electrons. The van der Waals surface area contributed by atoms with Gasteiger partial charge in [0, 0.05) is 29.6 Å². The van der Waals surface area contributed by atoms with Crippen LogP contribution in [0.1, 0.15) is 30.0 Å². The molecule has 0 spiro atoms. The van der Waals surface area contributed by atoms with Crippen molar-refractivity contribution in [1.29, 1.82) is 0 Å². The highest BCUT2D eigenvalue weighted by molar-refractivity contribution is 5.87. The highest BCUT2D eigenvalue weighted by atomic mass is 16.5. The molecule has 1 unspecified atom stereocenters. The maximum absolute atomic E-state index is 12.4. The Morgan fingerprint density at radius 3 is 2.68 bits per heavy atom. The molecule has 2 heterocycles. The fourth-order valence-electron chi connectivity index (χ4n) is 3.75. The number of fused-ring (bicyclic) bond motifs is 3. The first kappa shape index (κ1) is 15.9. The van der Waals surface area contributed by atoms with Crippen LogP contribution in [-0.2, 0) is 17.6 Å². The molecular formula is C20H21NO4. The first-order valence-corrected chi connectivity index (χ1v) is 8.75. The predicted octanol–water partition coefficient (Wildman–Crippen LogP) is 2.76. The number of aryl methyl sites for hydroxylation is 2. The summed E-state index contributed by atoms with van der Waals surface area (Å²) in [5.41, 5.74) is 3.01. The van der Waals surface area contributed by atoms with Crippen LogP contribution in [0, 0.1) is 6.92 Å². The zero-order chi connectivity index (χ0) is 17.6. The number of benzene rings is 1. The van der Waals surface area contributed by atoms with Gasteiger partial charge in [0.2, 0.25) is 0 Å². The monoisotopic (exact) mass is 339 g/mol. The molecule has 2 aromatic rings. The van der Waals surface area contributed by atoms with E-state index < -0.39 is 6.10 Å². The summed E-state index contributed by atoms with van der Waals surface area (Å²) in [5, 5.41) is 0.986. The average molecular weight is 339 g/mol. The van der Waals surface area contributed by atoms with E-state index in [1.165, 1.54) is 0 Å². The van der Waals surface area contributed by atoms with Gasteiger partial charge >= 0.3 is 5.63 Å². The molecule has 4 rings (SSSR count). The molecule has 0 N–H and O–H groups in total. The number of rotatable bonds is 3. The summed E-state index contributed by atoms with van der Waals surface area (Å²) in [6.07, 6.45) is 6.06. The summed E-state index contributed by atoms with van der Waals surface area (Å²) in [6, 6.07) is 3.82. The lowest BCUT2D eigenvalue weighted by atomic mass is 10.0. The lowest BCUT2D eigenvalue weighted by molar-refractivity contribution is -0.136. The van der Waals surface area contributed by atoms with Gasteiger partial charge in [-0.1, -0.05) is 12.2 Å². The summed E-state index contributed by atoms with van der Waals surface area (Å²) in [4.78, 5) is 26.4. The Bertz CT molecular complexity index is 933. The van der Waals surface area contributed by atoms with Gasteiger partial charge in [0.25, 0.3) is 5.91 Å². The third-order valence-corrected chi connectivity index (χ3v) is 5.12. The third-order valence-electron chi connectivity index (χ3n) is 5.12. The molecule has 5 nitrogen and oxygen atoms in total. The molecule has 1 aromatic carbocycles. The first-order valence-electron chi connectivity index (χ1n) is 8.75. The van der Waals surface area contributed by atoms with Gasteiger partial charge < -0.3 is 14.1 Å². The SMILES string of the molecule is Cc1c(OC(C)C(=O)N2CC=CC2)ccc2c3c(c(=O)oc12)CCC3. The Morgan fingerprint density at radius 2 is 1.92 bits per heavy atom. The van der Waals surface area contributed by atoms with E-state index >= 15 is 0 Å². The van der Waals surface area contributed by atoms with Crippen LogP contribution < -0.4 is 10.4 Å². The Kier molecular flexibility index (Phi) is 3.86. The van der Waals surface area contributed by atoms with Gasteiger partial charge in [0.05, 0.1) is 0 Å². The number of hydrogen-bond donors (Lipinski definition) is 0. The minimum absolute atomic E-state index is 0.0418. The number of carbonyl (C=O) groups excluding carboxylic acids is 1. The molecule has 0 saturated carbocycles. The lowest BCUT2D eigenvalue weighted by Gasteiger charge is -2.22. The number of hydrogen-bond acceptors (Lipinski definition) is 4. The lowest BCUT2D eigenvalue weighted by Crippen LogP contribution is -2.39. The number of amides is 1. The van der Waals surface area contributed by atoms with Crippen LogP contribution in [0.25, 0.3) is 11.0 Å². The van der Waals surface area contributed by atoms with Crippen molar-refractivity contribution in [2.45, 2.75) is 39.2 Å². The van der Waals surface area contributed by atoms with E-state index in [2.05, 4.69) is 0 Å². The van der Waals surface area contributed by atoms with Crippen LogP contribution >= 0.6 is 0 Å². The summed E-state index contributed by atoms with van der Waals surface area (Å²) in [7, 11) is 0. The van der Waals surface area contributed by atoms with Gasteiger partial charge in [-0.05, 0) is 50.8 Å². The van der Waals surface area contributed by atoms with E-state index in [-0.39, 0.29) is 11.5 Å². The van der Waals surface area contributed by atoms with Crippen LogP contribution in [0.4, 0.5) is 0 Å². The predicted molar refractivity (Wildman–Crippen MR) is 95.1 cm³/mol. The second-order valence-electron chi connectivity index (χ2n) is 6.74. The standard InChI is InChI=1S/C20H21NO4/c1-12-17(24-13(2)19(22)21-10-3-4-11-21)9-8-15-14-6-5-7-16(14)20(23)25-18(12)15/h3-4,8-9,13H,5-7,10-11H2,1-2H3.